The molecular weight excluding hydrogens is 265 g/mol. The molecule has 20 heavy (non-hydrogen) atoms. The van der Waals surface area contributed by atoms with Crippen LogP contribution >= 0.6 is 0 Å². The Hall–Kier alpha value is -1.62. The zero-order valence-corrected chi connectivity index (χ0v) is 11.2. The van der Waals surface area contributed by atoms with Gasteiger partial charge >= 0.3 is 6.18 Å². The largest absolute Gasteiger partial charge is 0.390 e. The number of nitrogens with one attached hydrogen (secondary N) is 1. The third-order valence-electron chi connectivity index (χ3n) is 3.11. The van der Waals surface area contributed by atoms with Gasteiger partial charge in [-0.05, 0) is 30.7 Å². The minimum Gasteiger partial charge on any atom is -0.310 e. The summed E-state index contributed by atoms with van der Waals surface area (Å²) in [7, 11) is 0. The van der Waals surface area contributed by atoms with Crippen molar-refractivity contribution in [1.29, 1.82) is 0 Å². The van der Waals surface area contributed by atoms with Crippen LogP contribution < -0.4 is 5.32 Å². The first-order valence-corrected chi connectivity index (χ1v) is 6.64. The van der Waals surface area contributed by atoms with E-state index in [9.17, 15) is 13.2 Å². The van der Waals surface area contributed by atoms with Crippen LogP contribution in [0, 0.1) is 0 Å². The highest BCUT2D eigenvalue weighted by Gasteiger charge is 2.32. The Morgan fingerprint density at radius 3 is 2.75 bits per heavy atom. The predicted octanol–water partition coefficient (Wildman–Crippen LogP) is 4.23. The molecule has 1 heterocycles. The predicted molar refractivity (Wildman–Crippen MR) is 73.4 cm³/mol. The van der Waals surface area contributed by atoms with Crippen molar-refractivity contribution >= 4 is 10.9 Å². The Morgan fingerprint density at radius 2 is 2.05 bits per heavy atom. The van der Waals surface area contributed by atoms with Crippen LogP contribution in [-0.2, 0) is 0 Å². The molecule has 5 heteroatoms. The second-order valence-corrected chi connectivity index (χ2v) is 4.78. The highest BCUT2D eigenvalue weighted by molar-refractivity contribution is 5.78. The number of hydrogen-bond acceptors (Lipinski definition) is 2. The second-order valence-electron chi connectivity index (χ2n) is 4.78. The van der Waals surface area contributed by atoms with E-state index in [-0.39, 0.29) is 0 Å². The Bertz CT molecular complexity index is 566. The number of alkyl halides is 3. The number of nitrogens with zero attached hydrogens (tertiary/aromatic N) is 1. The summed E-state index contributed by atoms with van der Waals surface area (Å²) in [6.45, 7) is 2.49. The summed E-state index contributed by atoms with van der Waals surface area (Å²) in [6, 6.07) is 8.27. The molecule has 2 nitrogen and oxygen atoms in total. The zero-order valence-electron chi connectivity index (χ0n) is 11.2. The molecule has 1 aromatic heterocycles. The topological polar surface area (TPSA) is 24.9 Å². The summed E-state index contributed by atoms with van der Waals surface area (Å²) in [5.74, 6) is 0. The zero-order chi connectivity index (χ0) is 14.6. The lowest BCUT2D eigenvalue weighted by Crippen LogP contribution is -2.27. The van der Waals surface area contributed by atoms with Crippen LogP contribution in [0.5, 0.6) is 0 Å². The summed E-state index contributed by atoms with van der Waals surface area (Å²) in [6.07, 6.45) is -2.62. The van der Waals surface area contributed by atoms with Crippen LogP contribution in [0.25, 0.3) is 10.9 Å². The molecule has 0 fully saturated rings. The lowest BCUT2D eigenvalue weighted by molar-refractivity contribution is -0.140. The van der Waals surface area contributed by atoms with Gasteiger partial charge in [-0.25, -0.2) is 0 Å². The molecule has 0 aliphatic carbocycles. The highest BCUT2D eigenvalue weighted by Crippen LogP contribution is 2.30. The molecule has 2 rings (SSSR count). The molecule has 1 atom stereocenters. The monoisotopic (exact) mass is 282 g/mol. The summed E-state index contributed by atoms with van der Waals surface area (Å²) < 4.78 is 38.0. The lowest BCUT2D eigenvalue weighted by Gasteiger charge is -2.20. The average Bonchev–Trinajstić information content (AvgIpc) is 2.41. The number of benzene rings is 1. The van der Waals surface area contributed by atoms with Gasteiger partial charge in [0.05, 0.1) is 11.9 Å². The minimum absolute atomic E-state index is 0.557. The number of halogens is 3. The van der Waals surface area contributed by atoms with Crippen LogP contribution in [0.1, 0.15) is 31.4 Å². The highest BCUT2D eigenvalue weighted by atomic mass is 19.4. The van der Waals surface area contributed by atoms with E-state index in [1.807, 2.05) is 25.1 Å². The van der Waals surface area contributed by atoms with E-state index < -0.39 is 18.6 Å². The first kappa shape index (κ1) is 14.8. The summed E-state index contributed by atoms with van der Waals surface area (Å²) in [4.78, 5) is 4.19. The van der Waals surface area contributed by atoms with Crippen LogP contribution in [0.3, 0.4) is 0 Å². The Morgan fingerprint density at radius 1 is 1.25 bits per heavy atom. The van der Waals surface area contributed by atoms with Crippen LogP contribution in [0.4, 0.5) is 13.2 Å². The molecule has 1 aromatic carbocycles. The fourth-order valence-corrected chi connectivity index (χ4v) is 2.16. The Kier molecular flexibility index (Phi) is 4.60. The molecule has 0 radical (unpaired) electrons. The maximum atomic E-state index is 12.7. The van der Waals surface area contributed by atoms with Crippen molar-refractivity contribution in [2.45, 2.75) is 32.0 Å². The smallest absolute Gasteiger partial charge is 0.310 e. The van der Waals surface area contributed by atoms with Crippen LogP contribution in [0.15, 0.2) is 36.5 Å². The summed E-state index contributed by atoms with van der Waals surface area (Å²) in [5, 5.41) is 3.89. The number of hydrogen-bond donors (Lipinski definition) is 1. The van der Waals surface area contributed by atoms with Gasteiger partial charge in [0.25, 0.3) is 0 Å². The second kappa shape index (κ2) is 6.22. The fraction of sp³-hybridized carbons (Fsp3) is 0.400. The van der Waals surface area contributed by atoms with Gasteiger partial charge in [-0.15, -0.1) is 0 Å². The number of fused-ring (bicyclic) bond motifs is 1. The van der Waals surface area contributed by atoms with Crippen molar-refractivity contribution in [1.82, 2.24) is 10.3 Å². The van der Waals surface area contributed by atoms with Crippen molar-refractivity contribution in [3.05, 3.63) is 42.1 Å². The van der Waals surface area contributed by atoms with E-state index in [0.717, 1.165) is 17.3 Å². The quantitative estimate of drug-likeness (QED) is 0.887. The molecule has 2 aromatic rings. The Balaban J connectivity index is 2.29. The third kappa shape index (κ3) is 3.93. The van der Waals surface area contributed by atoms with Gasteiger partial charge in [-0.2, -0.15) is 13.2 Å². The number of aromatic nitrogens is 1. The van der Waals surface area contributed by atoms with Gasteiger partial charge in [0.2, 0.25) is 0 Å². The summed E-state index contributed by atoms with van der Waals surface area (Å²) in [5.41, 5.74) is 1.34. The first-order chi connectivity index (χ1) is 9.49. The average molecular weight is 282 g/mol. The Labute approximate surface area is 116 Å². The van der Waals surface area contributed by atoms with Crippen molar-refractivity contribution in [2.75, 3.05) is 6.54 Å². The van der Waals surface area contributed by atoms with Crippen molar-refractivity contribution in [2.24, 2.45) is 0 Å². The lowest BCUT2D eigenvalue weighted by atomic mass is 10.0. The van der Waals surface area contributed by atoms with E-state index in [4.69, 9.17) is 0 Å². The molecule has 0 aliphatic heterocycles. The maximum Gasteiger partial charge on any atom is 0.390 e. The van der Waals surface area contributed by atoms with E-state index in [1.54, 1.807) is 18.3 Å². The minimum atomic E-state index is -4.19. The van der Waals surface area contributed by atoms with Crippen LogP contribution in [-0.4, -0.2) is 17.7 Å². The molecule has 1 unspecified atom stereocenters. The van der Waals surface area contributed by atoms with Crippen LogP contribution in [0.2, 0.25) is 0 Å². The molecule has 0 spiro atoms. The van der Waals surface area contributed by atoms with Gasteiger partial charge in [-0.3, -0.25) is 4.98 Å². The number of rotatable bonds is 5. The molecule has 1 N–H and O–H groups in total. The van der Waals surface area contributed by atoms with Gasteiger partial charge < -0.3 is 5.32 Å². The molecular formula is C15H17F3N2. The van der Waals surface area contributed by atoms with E-state index >= 15 is 0 Å². The van der Waals surface area contributed by atoms with Gasteiger partial charge in [0, 0.05) is 17.6 Å². The van der Waals surface area contributed by atoms with Gasteiger partial charge in [0.1, 0.15) is 0 Å². The van der Waals surface area contributed by atoms with E-state index in [1.165, 1.54) is 0 Å². The molecule has 0 bridgehead atoms. The SMILES string of the molecule is CCCNC(CC(F)(F)F)c1ccc2cccnc2c1. The van der Waals surface area contributed by atoms with E-state index in [0.29, 0.717) is 12.1 Å². The van der Waals surface area contributed by atoms with Gasteiger partial charge in [-0.1, -0.05) is 25.1 Å². The van der Waals surface area contributed by atoms with Gasteiger partial charge in [0.15, 0.2) is 0 Å². The third-order valence-corrected chi connectivity index (χ3v) is 3.11. The van der Waals surface area contributed by atoms with Crippen molar-refractivity contribution in [3.63, 3.8) is 0 Å². The normalized spacial score (nSPS) is 13.6. The number of pyridine rings is 1. The molecule has 0 saturated carbocycles. The fourth-order valence-electron chi connectivity index (χ4n) is 2.16. The molecule has 0 aliphatic rings. The summed E-state index contributed by atoms with van der Waals surface area (Å²) >= 11 is 0. The maximum absolute atomic E-state index is 12.7. The molecule has 0 saturated heterocycles. The van der Waals surface area contributed by atoms with Crippen molar-refractivity contribution < 1.29 is 13.2 Å². The standard InChI is InChI=1S/C15H17F3N2/c1-2-7-19-14(10-15(16,17)18)12-6-5-11-4-3-8-20-13(11)9-12/h3-6,8-9,14,19H,2,7,10H2,1H3. The molecule has 108 valence electrons. The molecule has 0 amide bonds. The first-order valence-electron chi connectivity index (χ1n) is 6.64. The van der Waals surface area contributed by atoms with E-state index in [2.05, 4.69) is 10.3 Å². The van der Waals surface area contributed by atoms with Crippen molar-refractivity contribution in [3.8, 4) is 0 Å².